The molecular formula is C26H26N4O4S2. The number of carboxylic acid groups (broad SMARTS) is 1. The van der Waals surface area contributed by atoms with E-state index in [1.165, 1.54) is 9.30 Å². The van der Waals surface area contributed by atoms with Crippen LogP contribution in [0.5, 0.6) is 0 Å². The average Bonchev–Trinajstić information content (AvgIpc) is 3.13. The van der Waals surface area contributed by atoms with Gasteiger partial charge in [-0.05, 0) is 43.0 Å². The summed E-state index contributed by atoms with van der Waals surface area (Å²) in [6, 6.07) is 15.3. The van der Waals surface area contributed by atoms with Crippen molar-refractivity contribution < 1.29 is 14.7 Å². The Morgan fingerprint density at radius 2 is 1.86 bits per heavy atom. The van der Waals surface area contributed by atoms with Gasteiger partial charge in [0.25, 0.3) is 11.5 Å². The highest BCUT2D eigenvalue weighted by Gasteiger charge is 2.32. The lowest BCUT2D eigenvalue weighted by Crippen LogP contribution is -2.29. The molecule has 2 N–H and O–H groups in total. The van der Waals surface area contributed by atoms with Gasteiger partial charge in [0.15, 0.2) is 0 Å². The van der Waals surface area contributed by atoms with Crippen LogP contribution in [-0.4, -0.2) is 48.7 Å². The molecule has 0 aliphatic carbocycles. The van der Waals surface area contributed by atoms with Crippen LogP contribution in [-0.2, 0) is 16.0 Å². The van der Waals surface area contributed by atoms with Gasteiger partial charge in [-0.3, -0.25) is 23.7 Å². The zero-order chi connectivity index (χ0) is 25.5. The first kappa shape index (κ1) is 25.6. The van der Waals surface area contributed by atoms with Gasteiger partial charge < -0.3 is 10.4 Å². The Kier molecular flexibility index (Phi) is 8.50. The lowest BCUT2D eigenvalue weighted by molar-refractivity contribution is -0.137. The van der Waals surface area contributed by atoms with E-state index in [4.69, 9.17) is 17.3 Å². The molecule has 1 aliphatic rings. The standard InChI is InChI=1S/C26H26N4O4S2/c31-22(32)12-5-2-7-16-30-25(34)20(36-26(30)35)17-19-23(27-14-13-18-9-3-1-4-10-18)28-21-11-6-8-15-29(21)24(19)33/h1,3-4,6,8-11,15,17,27H,2,5,7,12-14,16H2,(H,31,32)/b20-17-. The number of aromatic nitrogens is 2. The van der Waals surface area contributed by atoms with Crippen molar-refractivity contribution in [3.63, 3.8) is 0 Å². The fourth-order valence-corrected chi connectivity index (χ4v) is 5.17. The molecule has 3 aromatic rings. The van der Waals surface area contributed by atoms with E-state index < -0.39 is 5.97 Å². The van der Waals surface area contributed by atoms with E-state index in [0.717, 1.165) is 23.7 Å². The first-order valence-corrected chi connectivity index (χ1v) is 12.9. The number of thiocarbonyl (C=S) groups is 1. The molecule has 1 saturated heterocycles. The zero-order valence-corrected chi connectivity index (χ0v) is 21.2. The number of anilines is 1. The molecule has 4 rings (SSSR count). The summed E-state index contributed by atoms with van der Waals surface area (Å²) in [4.78, 5) is 43.7. The molecule has 1 aliphatic heterocycles. The normalized spacial score (nSPS) is 14.7. The molecule has 0 bridgehead atoms. The molecule has 0 radical (unpaired) electrons. The number of aliphatic carboxylic acids is 1. The molecule has 8 nitrogen and oxygen atoms in total. The highest BCUT2D eigenvalue weighted by molar-refractivity contribution is 8.26. The molecule has 0 saturated carbocycles. The first-order valence-electron chi connectivity index (χ1n) is 11.7. The number of hydrogen-bond donors (Lipinski definition) is 2. The summed E-state index contributed by atoms with van der Waals surface area (Å²) in [5, 5.41) is 12.1. The monoisotopic (exact) mass is 522 g/mol. The molecule has 186 valence electrons. The summed E-state index contributed by atoms with van der Waals surface area (Å²) in [6.07, 6.45) is 5.98. The van der Waals surface area contributed by atoms with Crippen LogP contribution < -0.4 is 10.9 Å². The Balaban J connectivity index is 1.55. The Morgan fingerprint density at radius 3 is 2.64 bits per heavy atom. The summed E-state index contributed by atoms with van der Waals surface area (Å²) in [7, 11) is 0. The summed E-state index contributed by atoms with van der Waals surface area (Å²) >= 11 is 6.58. The molecule has 10 heteroatoms. The van der Waals surface area contributed by atoms with Crippen molar-refractivity contribution in [2.24, 2.45) is 0 Å². The minimum atomic E-state index is -0.827. The van der Waals surface area contributed by atoms with Gasteiger partial charge >= 0.3 is 5.97 Å². The lowest BCUT2D eigenvalue weighted by atomic mass is 10.1. The average molecular weight is 523 g/mol. The van der Waals surface area contributed by atoms with Gasteiger partial charge in [-0.15, -0.1) is 0 Å². The molecule has 36 heavy (non-hydrogen) atoms. The van der Waals surface area contributed by atoms with E-state index in [-0.39, 0.29) is 17.9 Å². The number of carboxylic acids is 1. The van der Waals surface area contributed by atoms with E-state index in [2.05, 4.69) is 10.3 Å². The van der Waals surface area contributed by atoms with Gasteiger partial charge in [-0.2, -0.15) is 0 Å². The molecule has 1 fully saturated rings. The maximum absolute atomic E-state index is 13.4. The molecule has 2 aromatic heterocycles. The summed E-state index contributed by atoms with van der Waals surface area (Å²) in [5.74, 6) is -0.663. The Labute approximate surface area is 218 Å². The predicted molar refractivity (Wildman–Crippen MR) is 146 cm³/mol. The topological polar surface area (TPSA) is 104 Å². The van der Waals surface area contributed by atoms with Gasteiger partial charge in [0.1, 0.15) is 15.8 Å². The zero-order valence-electron chi connectivity index (χ0n) is 19.6. The van der Waals surface area contributed by atoms with Crippen LogP contribution in [0, 0.1) is 0 Å². The van der Waals surface area contributed by atoms with Crippen molar-refractivity contribution in [1.82, 2.24) is 14.3 Å². The number of thioether (sulfide) groups is 1. The van der Waals surface area contributed by atoms with Gasteiger partial charge in [0.05, 0.1) is 10.5 Å². The Bertz CT molecular complexity index is 1370. The second kappa shape index (κ2) is 12.0. The summed E-state index contributed by atoms with van der Waals surface area (Å²) < 4.78 is 1.88. The summed E-state index contributed by atoms with van der Waals surface area (Å²) in [6.45, 7) is 0.983. The van der Waals surface area contributed by atoms with Crippen LogP contribution in [0.4, 0.5) is 5.82 Å². The van der Waals surface area contributed by atoms with Crippen molar-refractivity contribution in [3.8, 4) is 0 Å². The number of nitrogens with one attached hydrogen (secondary N) is 1. The molecule has 1 amide bonds. The second-order valence-electron chi connectivity index (χ2n) is 8.31. The fourth-order valence-electron chi connectivity index (χ4n) is 3.88. The van der Waals surface area contributed by atoms with Gasteiger partial charge in [0, 0.05) is 25.7 Å². The number of fused-ring (bicyclic) bond motifs is 1. The third kappa shape index (κ3) is 6.19. The van der Waals surface area contributed by atoms with E-state index >= 15 is 0 Å². The fraction of sp³-hybridized carbons (Fsp3) is 0.269. The van der Waals surface area contributed by atoms with E-state index in [0.29, 0.717) is 58.6 Å². The highest BCUT2D eigenvalue weighted by Crippen LogP contribution is 2.33. The molecule has 0 unspecified atom stereocenters. The molecular weight excluding hydrogens is 496 g/mol. The first-order chi connectivity index (χ1) is 17.4. The van der Waals surface area contributed by atoms with Crippen LogP contribution in [0.1, 0.15) is 36.8 Å². The minimum absolute atomic E-state index is 0.108. The molecule has 3 heterocycles. The van der Waals surface area contributed by atoms with Crippen molar-refractivity contribution in [3.05, 3.63) is 81.1 Å². The third-order valence-corrected chi connectivity index (χ3v) is 7.12. The van der Waals surface area contributed by atoms with Crippen molar-refractivity contribution in [1.29, 1.82) is 0 Å². The van der Waals surface area contributed by atoms with E-state index in [1.807, 2.05) is 36.4 Å². The number of carbonyl (C=O) groups excluding carboxylic acids is 1. The quantitative estimate of drug-likeness (QED) is 0.219. The van der Waals surface area contributed by atoms with Crippen LogP contribution in [0.25, 0.3) is 11.7 Å². The minimum Gasteiger partial charge on any atom is -0.481 e. The van der Waals surface area contributed by atoms with Crippen LogP contribution in [0.15, 0.2) is 64.4 Å². The number of hydrogen-bond acceptors (Lipinski definition) is 7. The highest BCUT2D eigenvalue weighted by atomic mass is 32.2. The number of amides is 1. The van der Waals surface area contributed by atoms with Crippen molar-refractivity contribution in [2.45, 2.75) is 32.1 Å². The van der Waals surface area contributed by atoms with Crippen LogP contribution >= 0.6 is 24.0 Å². The number of rotatable bonds is 11. The number of pyridine rings is 1. The maximum Gasteiger partial charge on any atom is 0.303 e. The van der Waals surface area contributed by atoms with Crippen molar-refractivity contribution >= 4 is 57.7 Å². The van der Waals surface area contributed by atoms with Gasteiger partial charge in [-0.1, -0.05) is 66.8 Å². The SMILES string of the molecule is O=C(O)CCCCCN1C(=O)/C(=C/c2c(NCCc3ccccc3)nc3ccccn3c2=O)SC1=S. The number of unbranched alkanes of at least 4 members (excludes halogenated alkanes) is 2. The van der Waals surface area contributed by atoms with Crippen molar-refractivity contribution in [2.75, 3.05) is 18.4 Å². The van der Waals surface area contributed by atoms with Crippen LogP contribution in [0.3, 0.4) is 0 Å². The molecule has 0 spiro atoms. The molecule has 0 atom stereocenters. The number of benzene rings is 1. The smallest absolute Gasteiger partial charge is 0.303 e. The van der Waals surface area contributed by atoms with E-state index in [1.54, 1.807) is 24.4 Å². The van der Waals surface area contributed by atoms with E-state index in [9.17, 15) is 14.4 Å². The maximum atomic E-state index is 13.4. The summed E-state index contributed by atoms with van der Waals surface area (Å²) in [5.41, 5.74) is 1.69. The molecule has 1 aromatic carbocycles. The lowest BCUT2D eigenvalue weighted by Gasteiger charge is -2.14. The van der Waals surface area contributed by atoms with Gasteiger partial charge in [0.2, 0.25) is 0 Å². The Hall–Kier alpha value is -3.50. The van der Waals surface area contributed by atoms with Gasteiger partial charge in [-0.25, -0.2) is 4.98 Å². The van der Waals surface area contributed by atoms with Crippen LogP contribution in [0.2, 0.25) is 0 Å². The number of carbonyl (C=O) groups is 2. The second-order valence-corrected chi connectivity index (χ2v) is 9.98. The largest absolute Gasteiger partial charge is 0.481 e. The number of nitrogens with zero attached hydrogens (tertiary/aromatic N) is 3. The Morgan fingerprint density at radius 1 is 1.08 bits per heavy atom. The third-order valence-electron chi connectivity index (χ3n) is 5.74. The predicted octanol–water partition coefficient (Wildman–Crippen LogP) is 4.20.